The third-order valence-electron chi connectivity index (χ3n) is 3.40. The molecule has 1 aromatic carbocycles. The molecule has 0 aliphatic heterocycles. The summed E-state index contributed by atoms with van der Waals surface area (Å²) in [5.74, 6) is -1.18. The maximum Gasteiger partial charge on any atom is 0.130 e. The Balaban J connectivity index is 1.88. The lowest BCUT2D eigenvalue weighted by Gasteiger charge is -2.22. The molecule has 0 saturated heterocycles. The summed E-state index contributed by atoms with van der Waals surface area (Å²) in [4.78, 5) is 6.01. The smallest absolute Gasteiger partial charge is 0.130 e. The zero-order valence-corrected chi connectivity index (χ0v) is 12.0. The lowest BCUT2D eigenvalue weighted by atomic mass is 10.1. The van der Waals surface area contributed by atoms with Crippen molar-refractivity contribution in [2.24, 2.45) is 5.73 Å². The molecule has 2 rings (SSSR count). The highest BCUT2D eigenvalue weighted by Gasteiger charge is 2.14. The van der Waals surface area contributed by atoms with Gasteiger partial charge in [0.25, 0.3) is 0 Å². The van der Waals surface area contributed by atoms with Crippen LogP contribution in [0.1, 0.15) is 17.2 Å². The normalized spacial score (nSPS) is 12.6. The zero-order chi connectivity index (χ0) is 15.2. The Bertz CT molecular complexity index is 575. The number of nitrogens with two attached hydrogens (primary N) is 1. The van der Waals surface area contributed by atoms with Gasteiger partial charge in [0.1, 0.15) is 11.6 Å². The number of hydrogen-bond donors (Lipinski definition) is 1. The monoisotopic (exact) mass is 291 g/mol. The summed E-state index contributed by atoms with van der Waals surface area (Å²) >= 11 is 0. The van der Waals surface area contributed by atoms with Gasteiger partial charge in [-0.25, -0.2) is 8.78 Å². The third-order valence-corrected chi connectivity index (χ3v) is 3.40. The van der Waals surface area contributed by atoms with Crippen molar-refractivity contribution < 1.29 is 8.78 Å². The van der Waals surface area contributed by atoms with Crippen LogP contribution in [0, 0.1) is 11.6 Å². The van der Waals surface area contributed by atoms with E-state index in [1.807, 2.05) is 24.1 Å². The predicted octanol–water partition coefficient (Wildman–Crippen LogP) is 2.53. The first-order valence-corrected chi connectivity index (χ1v) is 6.84. The number of halogens is 2. The van der Waals surface area contributed by atoms with Crippen molar-refractivity contribution in [3.05, 3.63) is 65.5 Å². The van der Waals surface area contributed by atoms with E-state index < -0.39 is 17.7 Å². The van der Waals surface area contributed by atoms with Crippen molar-refractivity contribution in [2.75, 3.05) is 20.1 Å². The Kier molecular flexibility index (Phi) is 5.36. The summed E-state index contributed by atoms with van der Waals surface area (Å²) in [5, 5.41) is 0. The topological polar surface area (TPSA) is 42.2 Å². The van der Waals surface area contributed by atoms with Gasteiger partial charge in [-0.1, -0.05) is 6.07 Å². The van der Waals surface area contributed by atoms with Gasteiger partial charge in [-0.3, -0.25) is 4.98 Å². The van der Waals surface area contributed by atoms with E-state index in [2.05, 4.69) is 4.98 Å². The molecule has 1 atom stereocenters. The van der Waals surface area contributed by atoms with Gasteiger partial charge in [0.05, 0.1) is 0 Å². The van der Waals surface area contributed by atoms with E-state index in [-0.39, 0.29) is 0 Å². The van der Waals surface area contributed by atoms with E-state index >= 15 is 0 Å². The minimum Gasteiger partial charge on any atom is -0.323 e. The molecule has 0 bridgehead atoms. The maximum atomic E-state index is 13.7. The van der Waals surface area contributed by atoms with E-state index in [0.29, 0.717) is 12.1 Å². The maximum absolute atomic E-state index is 13.7. The molecule has 1 heterocycles. The van der Waals surface area contributed by atoms with Crippen molar-refractivity contribution in [3.8, 4) is 0 Å². The first-order valence-electron chi connectivity index (χ1n) is 6.84. The Morgan fingerprint density at radius 1 is 1.19 bits per heavy atom. The number of benzene rings is 1. The van der Waals surface area contributed by atoms with Crippen LogP contribution in [0.15, 0.2) is 42.7 Å². The molecule has 0 aliphatic rings. The quantitative estimate of drug-likeness (QED) is 0.889. The van der Waals surface area contributed by atoms with Crippen LogP contribution in [0.3, 0.4) is 0 Å². The van der Waals surface area contributed by atoms with Gasteiger partial charge in [-0.15, -0.1) is 0 Å². The van der Waals surface area contributed by atoms with Gasteiger partial charge in [0.2, 0.25) is 0 Å². The molecule has 0 saturated carbocycles. The molecule has 0 radical (unpaired) electrons. The number of rotatable bonds is 6. The molecule has 21 heavy (non-hydrogen) atoms. The fraction of sp³-hybridized carbons (Fsp3) is 0.312. The van der Waals surface area contributed by atoms with Crippen LogP contribution in [0.2, 0.25) is 0 Å². The summed E-state index contributed by atoms with van der Waals surface area (Å²) in [7, 11) is 1.93. The lowest BCUT2D eigenvalue weighted by Crippen LogP contribution is -2.31. The highest BCUT2D eigenvalue weighted by atomic mass is 19.1. The average molecular weight is 291 g/mol. The molecule has 5 heteroatoms. The van der Waals surface area contributed by atoms with Gasteiger partial charge < -0.3 is 10.6 Å². The van der Waals surface area contributed by atoms with Crippen molar-refractivity contribution in [1.29, 1.82) is 0 Å². The third kappa shape index (κ3) is 4.58. The van der Waals surface area contributed by atoms with Gasteiger partial charge in [-0.05, 0) is 37.2 Å². The van der Waals surface area contributed by atoms with Crippen molar-refractivity contribution in [3.63, 3.8) is 0 Å². The van der Waals surface area contributed by atoms with Crippen LogP contribution < -0.4 is 5.73 Å². The summed E-state index contributed by atoms with van der Waals surface area (Å²) in [6.45, 7) is 1.31. The van der Waals surface area contributed by atoms with Crippen LogP contribution in [0.5, 0.6) is 0 Å². The first-order chi connectivity index (χ1) is 10.1. The van der Waals surface area contributed by atoms with Crippen LogP contribution in [-0.4, -0.2) is 30.0 Å². The summed E-state index contributed by atoms with van der Waals surface area (Å²) < 4.78 is 26.5. The van der Waals surface area contributed by atoms with Crippen LogP contribution in [0.25, 0.3) is 0 Å². The number of hydrogen-bond acceptors (Lipinski definition) is 3. The Morgan fingerprint density at radius 2 is 1.90 bits per heavy atom. The molecule has 0 spiro atoms. The highest BCUT2D eigenvalue weighted by molar-refractivity contribution is 5.22. The standard InChI is InChI=1S/C16H19F2N3/c1-21(9-6-12-4-7-20-8-5-12)11-16(19)14-3-2-13(17)10-15(14)18/h2-5,7-8,10,16H,6,9,11,19H2,1H3. The van der Waals surface area contributed by atoms with Gasteiger partial charge in [0.15, 0.2) is 0 Å². The number of nitrogens with zero attached hydrogens (tertiary/aromatic N) is 2. The van der Waals surface area contributed by atoms with Crippen LogP contribution in [0.4, 0.5) is 8.78 Å². The molecular formula is C16H19F2N3. The Morgan fingerprint density at radius 3 is 2.57 bits per heavy atom. The van der Waals surface area contributed by atoms with Gasteiger partial charge in [0, 0.05) is 43.2 Å². The molecule has 0 fully saturated rings. The molecule has 0 amide bonds. The first kappa shape index (κ1) is 15.5. The summed E-state index contributed by atoms with van der Waals surface area (Å²) in [5.41, 5.74) is 7.53. The average Bonchev–Trinajstić information content (AvgIpc) is 2.46. The second kappa shape index (κ2) is 7.24. The van der Waals surface area contributed by atoms with E-state index in [1.165, 1.54) is 17.7 Å². The van der Waals surface area contributed by atoms with Crippen molar-refractivity contribution >= 4 is 0 Å². The fourth-order valence-corrected chi connectivity index (χ4v) is 2.20. The molecule has 0 aliphatic carbocycles. The van der Waals surface area contributed by atoms with Crippen molar-refractivity contribution in [2.45, 2.75) is 12.5 Å². The molecule has 1 aromatic heterocycles. The predicted molar refractivity (Wildman–Crippen MR) is 78.7 cm³/mol. The minimum absolute atomic E-state index is 0.340. The Hall–Kier alpha value is -1.85. The molecule has 1 unspecified atom stereocenters. The van der Waals surface area contributed by atoms with E-state index in [9.17, 15) is 8.78 Å². The molecule has 2 aromatic rings. The zero-order valence-electron chi connectivity index (χ0n) is 12.0. The number of aromatic nitrogens is 1. The molecular weight excluding hydrogens is 272 g/mol. The van der Waals surface area contributed by atoms with Crippen LogP contribution >= 0.6 is 0 Å². The Labute approximate surface area is 123 Å². The number of pyridine rings is 1. The second-order valence-electron chi connectivity index (χ2n) is 5.14. The van der Waals surface area contributed by atoms with E-state index in [4.69, 9.17) is 5.73 Å². The number of likely N-dealkylation sites (N-methyl/N-ethyl adjacent to an activating group) is 1. The molecule has 112 valence electrons. The van der Waals surface area contributed by atoms with Crippen LogP contribution in [-0.2, 0) is 6.42 Å². The largest absolute Gasteiger partial charge is 0.323 e. The van der Waals surface area contributed by atoms with E-state index in [1.54, 1.807) is 12.4 Å². The second-order valence-corrected chi connectivity index (χ2v) is 5.14. The summed E-state index contributed by atoms with van der Waals surface area (Å²) in [6, 6.07) is 6.96. The SMILES string of the molecule is CN(CCc1ccncc1)CC(N)c1ccc(F)cc1F. The molecule has 3 nitrogen and oxygen atoms in total. The molecule has 2 N–H and O–H groups in total. The minimum atomic E-state index is -0.593. The van der Waals surface area contributed by atoms with Gasteiger partial charge >= 0.3 is 0 Å². The lowest BCUT2D eigenvalue weighted by molar-refractivity contribution is 0.313. The van der Waals surface area contributed by atoms with E-state index in [0.717, 1.165) is 19.0 Å². The fourth-order valence-electron chi connectivity index (χ4n) is 2.20. The van der Waals surface area contributed by atoms with Gasteiger partial charge in [-0.2, -0.15) is 0 Å². The van der Waals surface area contributed by atoms with Crippen molar-refractivity contribution in [1.82, 2.24) is 9.88 Å². The highest BCUT2D eigenvalue weighted by Crippen LogP contribution is 2.17. The summed E-state index contributed by atoms with van der Waals surface area (Å²) in [6.07, 6.45) is 4.39.